The maximum absolute atomic E-state index is 13.7. The third-order valence-electron chi connectivity index (χ3n) is 6.52. The molecule has 0 aliphatic carbocycles. The molecule has 0 atom stereocenters. The summed E-state index contributed by atoms with van der Waals surface area (Å²) in [5.41, 5.74) is 6.57. The van der Waals surface area contributed by atoms with Crippen LogP contribution in [0.5, 0.6) is 0 Å². The Morgan fingerprint density at radius 2 is 1.82 bits per heavy atom. The number of piperidine rings is 1. The minimum atomic E-state index is -4.56. The molecule has 44 heavy (non-hydrogen) atoms. The number of allylic oxidation sites excluding steroid dienone is 1. The van der Waals surface area contributed by atoms with E-state index >= 15 is 0 Å². The van der Waals surface area contributed by atoms with Crippen molar-refractivity contribution >= 4 is 45.6 Å². The number of carbonyl (C=O) groups excluding carboxylic acids is 2. The smallest absolute Gasteiger partial charge is 0.384 e. The minimum Gasteiger partial charge on any atom is -0.384 e. The van der Waals surface area contributed by atoms with Crippen LogP contribution in [0.1, 0.15) is 60.0 Å². The van der Waals surface area contributed by atoms with E-state index in [9.17, 15) is 27.2 Å². The van der Waals surface area contributed by atoms with Crippen molar-refractivity contribution in [2.75, 3.05) is 18.8 Å². The fourth-order valence-corrected chi connectivity index (χ4v) is 5.55. The molecule has 5 rings (SSSR count). The number of aromatic nitrogens is 2. The lowest BCUT2D eigenvalue weighted by Crippen LogP contribution is -2.39. The van der Waals surface area contributed by atoms with E-state index in [-0.39, 0.29) is 22.7 Å². The lowest BCUT2D eigenvalue weighted by atomic mass is 10.0. The third kappa shape index (κ3) is 9.09. The molecule has 1 aliphatic rings. The predicted molar refractivity (Wildman–Crippen MR) is 168 cm³/mol. The van der Waals surface area contributed by atoms with Gasteiger partial charge in [0.15, 0.2) is 0 Å². The number of nitrogens with two attached hydrogens (primary N) is 1. The molecule has 7 nitrogen and oxygen atoms in total. The van der Waals surface area contributed by atoms with E-state index in [2.05, 4.69) is 15.3 Å². The number of carbonyl (C=O) groups is 2. The van der Waals surface area contributed by atoms with E-state index in [0.29, 0.717) is 59.7 Å². The first-order chi connectivity index (χ1) is 21.1. The molecule has 0 unspecified atom stereocenters. The number of hydrogen-bond donors (Lipinski definition) is 2. The largest absolute Gasteiger partial charge is 0.417 e. The van der Waals surface area contributed by atoms with Crippen molar-refractivity contribution in [3.63, 3.8) is 0 Å². The van der Waals surface area contributed by atoms with Gasteiger partial charge >= 0.3 is 6.18 Å². The second-order valence-corrected chi connectivity index (χ2v) is 10.7. The van der Waals surface area contributed by atoms with Crippen molar-refractivity contribution in [1.82, 2.24) is 20.2 Å². The van der Waals surface area contributed by atoms with Gasteiger partial charge in [0.1, 0.15) is 12.0 Å². The summed E-state index contributed by atoms with van der Waals surface area (Å²) in [6.45, 7) is 6.76. The number of benzene rings is 1. The summed E-state index contributed by atoms with van der Waals surface area (Å²) in [5, 5.41) is 2.86. The van der Waals surface area contributed by atoms with Gasteiger partial charge in [0.05, 0.1) is 23.4 Å². The number of fused-ring (bicyclic) bond motifs is 1. The Labute approximate surface area is 257 Å². The number of halogens is 4. The molecule has 4 heterocycles. The molecule has 12 heteroatoms. The van der Waals surface area contributed by atoms with E-state index in [1.165, 1.54) is 18.3 Å². The number of pyridine rings is 2. The average Bonchev–Trinajstić information content (AvgIpc) is 3.44. The van der Waals surface area contributed by atoms with Gasteiger partial charge in [0, 0.05) is 40.6 Å². The Morgan fingerprint density at radius 3 is 2.39 bits per heavy atom. The Morgan fingerprint density at radius 1 is 1.09 bits per heavy atom. The molecule has 234 valence electrons. The standard InChI is InChI=1S/C22H19F4N3O2S.C8H10N2.C2H6/c23-16-3-5-29(6-4-16)21(31)13-1-2-19(28-10-13)14-7-15-8-17(11-27-12-30)32-20(15)18(9-14)22(24,25)26;1-2-3-7-4-5-8(9)10-6-7;1-2/h1-2,7-10,12,16H,3-6,11H2,(H,27,30);2-6H,1H3,(H2,9,10);1-2H3/b;3-2+;. The van der Waals surface area contributed by atoms with Crippen molar-refractivity contribution in [3.05, 3.63) is 82.5 Å². The molecule has 3 aromatic heterocycles. The van der Waals surface area contributed by atoms with Gasteiger partial charge in [0.25, 0.3) is 5.91 Å². The molecule has 1 saturated heterocycles. The van der Waals surface area contributed by atoms with Crippen LogP contribution in [0.3, 0.4) is 0 Å². The van der Waals surface area contributed by atoms with Crippen molar-refractivity contribution in [2.45, 2.75) is 52.5 Å². The fourth-order valence-electron chi connectivity index (χ4n) is 4.43. The second-order valence-electron chi connectivity index (χ2n) is 9.57. The first-order valence-corrected chi connectivity index (χ1v) is 15.0. The van der Waals surface area contributed by atoms with Crippen LogP contribution in [-0.4, -0.2) is 46.4 Å². The zero-order valence-corrected chi connectivity index (χ0v) is 25.5. The van der Waals surface area contributed by atoms with Gasteiger partial charge in [-0.25, -0.2) is 9.37 Å². The molecule has 0 saturated carbocycles. The van der Waals surface area contributed by atoms with Crippen LogP contribution in [0.15, 0.2) is 60.9 Å². The zero-order valence-electron chi connectivity index (χ0n) is 24.7. The quantitative estimate of drug-likeness (QED) is 0.170. The average molecular weight is 630 g/mol. The van der Waals surface area contributed by atoms with Crippen molar-refractivity contribution in [3.8, 4) is 11.3 Å². The normalized spacial score (nSPS) is 13.6. The number of anilines is 1. The van der Waals surface area contributed by atoms with Gasteiger partial charge in [-0.15, -0.1) is 11.3 Å². The number of nitrogens with one attached hydrogen (secondary N) is 1. The van der Waals surface area contributed by atoms with Crippen LogP contribution in [0.25, 0.3) is 27.4 Å². The third-order valence-corrected chi connectivity index (χ3v) is 7.70. The minimum absolute atomic E-state index is 0.0898. The second kappa shape index (κ2) is 15.9. The van der Waals surface area contributed by atoms with E-state index < -0.39 is 17.9 Å². The molecule has 1 aliphatic heterocycles. The first-order valence-electron chi connectivity index (χ1n) is 14.1. The highest BCUT2D eigenvalue weighted by atomic mass is 32.1. The lowest BCUT2D eigenvalue weighted by Gasteiger charge is -2.28. The Kier molecular flexibility index (Phi) is 12.4. The maximum atomic E-state index is 13.7. The summed E-state index contributed by atoms with van der Waals surface area (Å²) in [7, 11) is 0. The number of rotatable bonds is 6. The van der Waals surface area contributed by atoms with Gasteiger partial charge in [-0.05, 0) is 73.2 Å². The van der Waals surface area contributed by atoms with Gasteiger partial charge in [-0.2, -0.15) is 13.2 Å². The fraction of sp³-hybridized carbons (Fsp3) is 0.312. The molecular weight excluding hydrogens is 594 g/mol. The number of likely N-dealkylation sites (tertiary alicyclic amines) is 1. The first kappa shape index (κ1) is 34.2. The molecule has 0 radical (unpaired) electrons. The molecule has 1 fully saturated rings. The van der Waals surface area contributed by atoms with Gasteiger partial charge in [0.2, 0.25) is 6.41 Å². The van der Waals surface area contributed by atoms with Gasteiger partial charge < -0.3 is 16.0 Å². The Bertz CT molecular complexity index is 1550. The Balaban J connectivity index is 0.000000372. The van der Waals surface area contributed by atoms with Crippen molar-refractivity contribution in [1.29, 1.82) is 0 Å². The summed E-state index contributed by atoms with van der Waals surface area (Å²) in [6, 6.07) is 11.0. The molecule has 2 amide bonds. The number of amides is 2. The van der Waals surface area contributed by atoms with Crippen LogP contribution in [0, 0.1) is 0 Å². The number of nitrogens with zero attached hydrogens (tertiary/aromatic N) is 3. The maximum Gasteiger partial charge on any atom is 0.417 e. The number of hydrogen-bond acceptors (Lipinski definition) is 6. The zero-order chi connectivity index (χ0) is 32.3. The molecule has 3 N–H and O–H groups in total. The van der Waals surface area contributed by atoms with Crippen LogP contribution in [-0.2, 0) is 17.5 Å². The monoisotopic (exact) mass is 629 g/mol. The summed E-state index contributed by atoms with van der Waals surface area (Å²) in [6.07, 6.45) is 2.65. The van der Waals surface area contributed by atoms with E-state index in [1.54, 1.807) is 29.3 Å². The van der Waals surface area contributed by atoms with Gasteiger partial charge in [-0.3, -0.25) is 14.6 Å². The van der Waals surface area contributed by atoms with Crippen molar-refractivity contribution in [2.24, 2.45) is 0 Å². The highest BCUT2D eigenvalue weighted by Gasteiger charge is 2.34. The van der Waals surface area contributed by atoms with Crippen LogP contribution in [0.2, 0.25) is 0 Å². The molecule has 1 aromatic carbocycles. The Hall–Kier alpha value is -4.32. The van der Waals surface area contributed by atoms with Crippen LogP contribution in [0.4, 0.5) is 23.4 Å². The summed E-state index contributed by atoms with van der Waals surface area (Å²) in [5.74, 6) is 0.292. The predicted octanol–water partition coefficient (Wildman–Crippen LogP) is 7.53. The van der Waals surface area contributed by atoms with Crippen LogP contribution >= 0.6 is 11.3 Å². The van der Waals surface area contributed by atoms with Crippen molar-refractivity contribution < 1.29 is 27.2 Å². The molecular formula is C32H35F4N5O2S. The number of thiophene rings is 1. The number of alkyl halides is 4. The lowest BCUT2D eigenvalue weighted by molar-refractivity contribution is -0.136. The van der Waals surface area contributed by atoms with Crippen LogP contribution < -0.4 is 11.1 Å². The van der Waals surface area contributed by atoms with Gasteiger partial charge in [-0.1, -0.05) is 26.0 Å². The summed E-state index contributed by atoms with van der Waals surface area (Å²) in [4.78, 5) is 33.4. The molecule has 4 aromatic rings. The summed E-state index contributed by atoms with van der Waals surface area (Å²) < 4.78 is 54.5. The summed E-state index contributed by atoms with van der Waals surface area (Å²) >= 11 is 0.978. The highest BCUT2D eigenvalue weighted by molar-refractivity contribution is 7.19. The molecule has 0 bridgehead atoms. The van der Waals surface area contributed by atoms with E-state index in [4.69, 9.17) is 5.73 Å². The van der Waals surface area contributed by atoms with E-state index in [0.717, 1.165) is 23.0 Å². The SMILES string of the molecule is C/C=C/c1ccc(N)nc1.CC.O=CNCc1cc2cc(-c3ccc(C(=O)N4CCC(F)CC4)cn3)cc(C(F)(F)F)c2s1. The number of nitrogen functional groups attached to an aromatic ring is 1. The highest BCUT2D eigenvalue weighted by Crippen LogP contribution is 2.41. The van der Waals surface area contributed by atoms with E-state index in [1.807, 2.05) is 39.0 Å². The topological polar surface area (TPSA) is 101 Å². The molecule has 0 spiro atoms.